The van der Waals surface area contributed by atoms with Gasteiger partial charge in [-0.15, -0.1) is 0 Å². The first-order valence-corrected chi connectivity index (χ1v) is 6.76. The Hall–Kier alpha value is -0.880. The van der Waals surface area contributed by atoms with E-state index >= 15 is 0 Å². The summed E-state index contributed by atoms with van der Waals surface area (Å²) in [6.45, 7) is 5.38. The average molecular weight is 300 g/mol. The highest BCUT2D eigenvalue weighted by molar-refractivity contribution is 9.10. The summed E-state index contributed by atoms with van der Waals surface area (Å²) in [5.74, 6) is 1.08. The van der Waals surface area contributed by atoms with E-state index in [1.54, 1.807) is 6.07 Å². The Bertz CT molecular complexity index is 364. The lowest BCUT2D eigenvalue weighted by molar-refractivity contribution is 0.277. The maximum absolute atomic E-state index is 5.67. The number of nitrogens with two attached hydrogens (primary N) is 1. The number of anilines is 2. The smallest absolute Gasteiger partial charge is 0.225 e. The number of halogens is 1. The number of nitrogen functional groups attached to an aromatic ring is 1. The standard InChI is InChI=1S/C11H18BrN5/c1-2-17-5-3-4-8(17)7-14-11-15-9(12)6-10(13)16-11/h6,8H,2-5,7H2,1H3,(H3,13,14,15,16). The Balaban J connectivity index is 1.93. The van der Waals surface area contributed by atoms with Crippen molar-refractivity contribution >= 4 is 27.7 Å². The van der Waals surface area contributed by atoms with Crippen molar-refractivity contribution < 1.29 is 0 Å². The van der Waals surface area contributed by atoms with Crippen LogP contribution in [0.15, 0.2) is 10.7 Å². The molecule has 0 amide bonds. The van der Waals surface area contributed by atoms with E-state index in [4.69, 9.17) is 5.73 Å². The largest absolute Gasteiger partial charge is 0.383 e. The van der Waals surface area contributed by atoms with Crippen LogP contribution >= 0.6 is 15.9 Å². The molecule has 1 saturated heterocycles. The van der Waals surface area contributed by atoms with Crippen molar-refractivity contribution in [1.82, 2.24) is 14.9 Å². The molecule has 2 rings (SSSR count). The van der Waals surface area contributed by atoms with Crippen LogP contribution in [0.1, 0.15) is 19.8 Å². The van der Waals surface area contributed by atoms with E-state index in [0.29, 0.717) is 22.4 Å². The molecule has 3 N–H and O–H groups in total. The second kappa shape index (κ2) is 5.64. The van der Waals surface area contributed by atoms with Gasteiger partial charge >= 0.3 is 0 Å². The minimum atomic E-state index is 0.480. The Morgan fingerprint density at radius 3 is 3.12 bits per heavy atom. The quantitative estimate of drug-likeness (QED) is 0.829. The van der Waals surface area contributed by atoms with Gasteiger partial charge in [0.15, 0.2) is 0 Å². The maximum atomic E-state index is 5.67. The van der Waals surface area contributed by atoms with Gasteiger partial charge in [0, 0.05) is 18.7 Å². The van der Waals surface area contributed by atoms with Crippen LogP contribution in [0.4, 0.5) is 11.8 Å². The van der Waals surface area contributed by atoms with Crippen LogP contribution < -0.4 is 11.1 Å². The lowest BCUT2D eigenvalue weighted by Crippen LogP contribution is -2.34. The molecule has 0 spiro atoms. The van der Waals surface area contributed by atoms with Crippen LogP contribution in [0.2, 0.25) is 0 Å². The normalized spacial score (nSPS) is 20.7. The monoisotopic (exact) mass is 299 g/mol. The van der Waals surface area contributed by atoms with E-state index < -0.39 is 0 Å². The van der Waals surface area contributed by atoms with Gasteiger partial charge in [-0.2, -0.15) is 4.98 Å². The zero-order chi connectivity index (χ0) is 12.3. The van der Waals surface area contributed by atoms with E-state index in [0.717, 1.165) is 13.1 Å². The average Bonchev–Trinajstić information content (AvgIpc) is 2.72. The van der Waals surface area contributed by atoms with Crippen molar-refractivity contribution in [2.45, 2.75) is 25.8 Å². The number of rotatable bonds is 4. The molecule has 1 unspecified atom stereocenters. The SMILES string of the molecule is CCN1CCCC1CNc1nc(N)cc(Br)n1. The summed E-state index contributed by atoms with van der Waals surface area (Å²) in [7, 11) is 0. The van der Waals surface area contributed by atoms with E-state index in [1.807, 2.05) is 0 Å². The predicted octanol–water partition coefficient (Wildman–Crippen LogP) is 1.72. The lowest BCUT2D eigenvalue weighted by Gasteiger charge is -2.22. The van der Waals surface area contributed by atoms with Gasteiger partial charge in [0.25, 0.3) is 0 Å². The van der Waals surface area contributed by atoms with Gasteiger partial charge in [-0.05, 0) is 41.9 Å². The van der Waals surface area contributed by atoms with Crippen LogP contribution in [0.5, 0.6) is 0 Å². The summed E-state index contributed by atoms with van der Waals surface area (Å²) in [5, 5.41) is 3.26. The molecule has 5 nitrogen and oxygen atoms in total. The molecule has 1 aromatic heterocycles. The van der Waals surface area contributed by atoms with E-state index in [9.17, 15) is 0 Å². The summed E-state index contributed by atoms with van der Waals surface area (Å²) in [4.78, 5) is 10.9. The third-order valence-corrected chi connectivity index (χ3v) is 3.52. The van der Waals surface area contributed by atoms with Gasteiger partial charge in [-0.1, -0.05) is 6.92 Å². The molecule has 0 saturated carbocycles. The highest BCUT2D eigenvalue weighted by Gasteiger charge is 2.22. The lowest BCUT2D eigenvalue weighted by atomic mass is 10.2. The van der Waals surface area contributed by atoms with Crippen molar-refractivity contribution in [3.63, 3.8) is 0 Å². The molecule has 0 radical (unpaired) electrons. The van der Waals surface area contributed by atoms with Crippen LogP contribution in [-0.4, -0.2) is 40.5 Å². The zero-order valence-electron chi connectivity index (χ0n) is 9.99. The molecule has 1 aromatic rings. The third-order valence-electron chi connectivity index (χ3n) is 3.12. The Kier molecular flexibility index (Phi) is 4.17. The summed E-state index contributed by atoms with van der Waals surface area (Å²) in [5.41, 5.74) is 5.67. The Morgan fingerprint density at radius 2 is 2.41 bits per heavy atom. The Morgan fingerprint density at radius 1 is 1.59 bits per heavy atom. The molecule has 2 heterocycles. The molecule has 0 aromatic carbocycles. The highest BCUT2D eigenvalue weighted by atomic mass is 79.9. The van der Waals surface area contributed by atoms with Crippen molar-refractivity contribution in [1.29, 1.82) is 0 Å². The van der Waals surface area contributed by atoms with Gasteiger partial charge < -0.3 is 11.1 Å². The predicted molar refractivity (Wildman–Crippen MR) is 72.9 cm³/mol. The number of nitrogens with one attached hydrogen (secondary N) is 1. The van der Waals surface area contributed by atoms with Crippen LogP contribution in [0.3, 0.4) is 0 Å². The first-order chi connectivity index (χ1) is 8.19. The number of likely N-dealkylation sites (tertiary alicyclic amines) is 1. The molecule has 1 atom stereocenters. The number of likely N-dealkylation sites (N-methyl/N-ethyl adjacent to an activating group) is 1. The fourth-order valence-electron chi connectivity index (χ4n) is 2.27. The molecule has 94 valence electrons. The van der Waals surface area contributed by atoms with Gasteiger partial charge in [0.05, 0.1) is 0 Å². The summed E-state index contributed by atoms with van der Waals surface area (Å²) in [6, 6.07) is 2.28. The zero-order valence-corrected chi connectivity index (χ0v) is 11.6. The summed E-state index contributed by atoms with van der Waals surface area (Å²) < 4.78 is 0.714. The second-order valence-electron chi connectivity index (χ2n) is 4.24. The molecule has 0 aliphatic carbocycles. The van der Waals surface area contributed by atoms with Crippen LogP contribution in [0.25, 0.3) is 0 Å². The first kappa shape index (κ1) is 12.6. The van der Waals surface area contributed by atoms with Crippen LogP contribution in [0, 0.1) is 0 Å². The molecular weight excluding hydrogens is 282 g/mol. The van der Waals surface area contributed by atoms with Gasteiger partial charge in [0.2, 0.25) is 5.95 Å². The van der Waals surface area contributed by atoms with Crippen LogP contribution in [-0.2, 0) is 0 Å². The maximum Gasteiger partial charge on any atom is 0.225 e. The second-order valence-corrected chi connectivity index (χ2v) is 5.06. The van der Waals surface area contributed by atoms with E-state index in [2.05, 4.69) is 43.0 Å². The van der Waals surface area contributed by atoms with Crippen molar-refractivity contribution in [3.05, 3.63) is 10.7 Å². The molecule has 1 fully saturated rings. The Labute approximate surface area is 110 Å². The van der Waals surface area contributed by atoms with E-state index in [-0.39, 0.29) is 0 Å². The molecular formula is C11H18BrN5. The van der Waals surface area contributed by atoms with Crippen molar-refractivity contribution in [2.75, 3.05) is 30.7 Å². The van der Waals surface area contributed by atoms with E-state index in [1.165, 1.54) is 19.4 Å². The third kappa shape index (κ3) is 3.29. The van der Waals surface area contributed by atoms with Gasteiger partial charge in [0.1, 0.15) is 10.4 Å². The number of hydrogen-bond acceptors (Lipinski definition) is 5. The van der Waals surface area contributed by atoms with Crippen molar-refractivity contribution in [3.8, 4) is 0 Å². The minimum absolute atomic E-state index is 0.480. The fraction of sp³-hybridized carbons (Fsp3) is 0.636. The molecule has 17 heavy (non-hydrogen) atoms. The topological polar surface area (TPSA) is 67.1 Å². The first-order valence-electron chi connectivity index (χ1n) is 5.97. The number of hydrogen-bond donors (Lipinski definition) is 2. The number of nitrogens with zero attached hydrogens (tertiary/aromatic N) is 3. The highest BCUT2D eigenvalue weighted by Crippen LogP contribution is 2.17. The van der Waals surface area contributed by atoms with Gasteiger partial charge in [-0.25, -0.2) is 4.98 Å². The van der Waals surface area contributed by atoms with Gasteiger partial charge in [-0.3, -0.25) is 4.90 Å². The minimum Gasteiger partial charge on any atom is -0.383 e. The molecule has 1 aliphatic rings. The summed E-state index contributed by atoms with van der Waals surface area (Å²) in [6.07, 6.45) is 2.52. The molecule has 6 heteroatoms. The summed E-state index contributed by atoms with van der Waals surface area (Å²) >= 11 is 3.31. The molecule has 0 bridgehead atoms. The number of aromatic nitrogens is 2. The molecule has 1 aliphatic heterocycles. The van der Waals surface area contributed by atoms with Crippen molar-refractivity contribution in [2.24, 2.45) is 0 Å². The fourth-order valence-corrected chi connectivity index (χ4v) is 2.67.